The average Bonchev–Trinajstić information content (AvgIpc) is 3.28. The molecule has 1 aliphatic heterocycles. The normalized spacial score (nSPS) is 16.0. The Labute approximate surface area is 202 Å². The summed E-state index contributed by atoms with van der Waals surface area (Å²) >= 11 is 0. The molecule has 4 rings (SSSR count). The second-order valence-electron chi connectivity index (χ2n) is 9.25. The van der Waals surface area contributed by atoms with Crippen molar-refractivity contribution in [3.8, 4) is 5.75 Å². The number of nitrogens with one attached hydrogen (secondary N) is 1. The van der Waals surface area contributed by atoms with E-state index in [1.54, 1.807) is 14.2 Å². The minimum atomic E-state index is -0.299. The summed E-state index contributed by atoms with van der Waals surface area (Å²) in [4.78, 5) is 21.0. The smallest absolute Gasteiger partial charge is 0.227 e. The van der Waals surface area contributed by atoms with Crippen molar-refractivity contribution in [2.75, 3.05) is 45.4 Å². The molecule has 1 saturated heterocycles. The van der Waals surface area contributed by atoms with Crippen molar-refractivity contribution < 1.29 is 14.3 Å². The number of fused-ring (bicyclic) bond motifs is 1. The van der Waals surface area contributed by atoms with Crippen LogP contribution in [0.5, 0.6) is 5.75 Å². The van der Waals surface area contributed by atoms with Gasteiger partial charge in [-0.2, -0.15) is 0 Å². The van der Waals surface area contributed by atoms with Crippen LogP contribution in [0.15, 0.2) is 54.7 Å². The van der Waals surface area contributed by atoms with E-state index in [-0.39, 0.29) is 11.4 Å². The van der Waals surface area contributed by atoms with E-state index in [9.17, 15) is 4.79 Å². The Bertz CT molecular complexity index is 1070. The third-order valence-electron chi connectivity index (χ3n) is 7.14. The molecule has 34 heavy (non-hydrogen) atoms. The first-order valence-electron chi connectivity index (χ1n) is 12.3. The highest BCUT2D eigenvalue weighted by molar-refractivity contribution is 5.94. The number of amides is 1. The lowest BCUT2D eigenvalue weighted by atomic mass is 9.85. The first-order chi connectivity index (χ1) is 16.6. The molecule has 1 amide bonds. The van der Waals surface area contributed by atoms with Gasteiger partial charge in [0.1, 0.15) is 5.75 Å². The van der Waals surface area contributed by atoms with Crippen molar-refractivity contribution in [2.24, 2.45) is 0 Å². The molecule has 2 heterocycles. The number of benzene rings is 2. The van der Waals surface area contributed by atoms with E-state index >= 15 is 0 Å². The molecule has 6 nitrogen and oxygen atoms in total. The maximum absolute atomic E-state index is 13.1. The Balaban J connectivity index is 1.40. The van der Waals surface area contributed by atoms with E-state index in [0.717, 1.165) is 62.3 Å². The number of anilines is 1. The van der Waals surface area contributed by atoms with E-state index in [0.29, 0.717) is 13.0 Å². The van der Waals surface area contributed by atoms with Gasteiger partial charge in [-0.25, -0.2) is 0 Å². The predicted octanol–water partition coefficient (Wildman–Crippen LogP) is 5.03. The number of methoxy groups -OCH3 is 2. The number of likely N-dealkylation sites (tertiary alicyclic amines) is 1. The van der Waals surface area contributed by atoms with E-state index in [2.05, 4.69) is 28.2 Å². The van der Waals surface area contributed by atoms with Crippen LogP contribution in [0.3, 0.4) is 0 Å². The number of rotatable bonds is 10. The van der Waals surface area contributed by atoms with Crippen molar-refractivity contribution in [3.63, 3.8) is 0 Å². The molecule has 0 spiro atoms. The third-order valence-corrected chi connectivity index (χ3v) is 7.14. The summed E-state index contributed by atoms with van der Waals surface area (Å²) in [7, 11) is 3.45. The minimum Gasteiger partial charge on any atom is -0.497 e. The first-order valence-corrected chi connectivity index (χ1v) is 12.3. The Hall–Kier alpha value is -2.83. The zero-order valence-corrected chi connectivity index (χ0v) is 20.7. The highest BCUT2D eigenvalue weighted by atomic mass is 16.5. The number of hydrogen-bond donors (Lipinski definition) is 1. The number of piperidine rings is 1. The van der Waals surface area contributed by atoms with Crippen molar-refractivity contribution in [1.29, 1.82) is 0 Å². The zero-order valence-electron chi connectivity index (χ0n) is 20.7. The number of H-pyrrole nitrogens is 1. The SMILES string of the molecule is CCC(=O)N(c1ccccc1)C1(COC)CCN(CCCc2c[nH]c3ccc(OC)cc23)CC1. The summed E-state index contributed by atoms with van der Waals surface area (Å²) in [5.41, 5.74) is 3.16. The van der Waals surface area contributed by atoms with E-state index in [1.807, 2.05) is 48.2 Å². The number of carbonyl (C=O) groups is 1. The molecular formula is C28H37N3O3. The molecule has 1 fully saturated rings. The molecule has 0 radical (unpaired) electrons. The van der Waals surface area contributed by atoms with Gasteiger partial charge in [0.2, 0.25) is 5.91 Å². The second-order valence-corrected chi connectivity index (χ2v) is 9.25. The summed E-state index contributed by atoms with van der Waals surface area (Å²) < 4.78 is 11.1. The minimum absolute atomic E-state index is 0.159. The highest BCUT2D eigenvalue weighted by Gasteiger charge is 2.42. The number of aromatic nitrogens is 1. The Morgan fingerprint density at radius 3 is 2.56 bits per heavy atom. The van der Waals surface area contributed by atoms with Crippen LogP contribution < -0.4 is 9.64 Å². The van der Waals surface area contributed by atoms with Crippen molar-refractivity contribution in [3.05, 3.63) is 60.3 Å². The molecule has 2 aromatic carbocycles. The highest BCUT2D eigenvalue weighted by Crippen LogP contribution is 2.35. The Morgan fingerprint density at radius 2 is 1.88 bits per heavy atom. The molecule has 1 N–H and O–H groups in total. The van der Waals surface area contributed by atoms with Crippen LogP contribution in [0, 0.1) is 0 Å². The van der Waals surface area contributed by atoms with E-state index < -0.39 is 0 Å². The summed E-state index contributed by atoms with van der Waals surface area (Å²) in [6, 6.07) is 16.2. The van der Waals surface area contributed by atoms with E-state index in [4.69, 9.17) is 9.47 Å². The summed E-state index contributed by atoms with van der Waals surface area (Å²) in [6.45, 7) is 5.47. The van der Waals surface area contributed by atoms with Crippen molar-refractivity contribution in [1.82, 2.24) is 9.88 Å². The predicted molar refractivity (Wildman–Crippen MR) is 138 cm³/mol. The lowest BCUT2D eigenvalue weighted by molar-refractivity contribution is -0.120. The van der Waals surface area contributed by atoms with Gasteiger partial charge in [-0.15, -0.1) is 0 Å². The van der Waals surface area contributed by atoms with Gasteiger partial charge in [0.25, 0.3) is 0 Å². The van der Waals surface area contributed by atoms with Crippen LogP contribution in [0.25, 0.3) is 10.9 Å². The molecule has 1 aliphatic rings. The number of hydrogen-bond acceptors (Lipinski definition) is 4. The lowest BCUT2D eigenvalue weighted by Crippen LogP contribution is -2.60. The van der Waals surface area contributed by atoms with Crippen LogP contribution in [-0.2, 0) is 16.0 Å². The maximum Gasteiger partial charge on any atom is 0.227 e. The number of aryl methyl sites for hydroxylation is 1. The average molecular weight is 464 g/mol. The quantitative estimate of drug-likeness (QED) is 0.458. The standard InChI is InChI=1S/C28H37N3O3/c1-4-27(32)31(23-10-6-5-7-11-23)28(21-33-2)14-17-30(18-15-28)16-8-9-22-20-29-26-13-12-24(34-3)19-25(22)26/h5-7,10-13,19-20,29H,4,8-9,14-18,21H2,1-3H3. The van der Waals surface area contributed by atoms with Crippen LogP contribution in [0.2, 0.25) is 0 Å². The molecule has 182 valence electrons. The molecule has 0 aliphatic carbocycles. The third kappa shape index (κ3) is 5.13. The number of nitrogens with zero attached hydrogens (tertiary/aromatic N) is 2. The van der Waals surface area contributed by atoms with Crippen LogP contribution >= 0.6 is 0 Å². The van der Waals surface area contributed by atoms with Gasteiger partial charge < -0.3 is 24.3 Å². The van der Waals surface area contributed by atoms with Gasteiger partial charge in [-0.1, -0.05) is 25.1 Å². The molecule has 3 aromatic rings. The second kappa shape index (κ2) is 11.1. The van der Waals surface area contributed by atoms with Crippen LogP contribution in [0.4, 0.5) is 5.69 Å². The van der Waals surface area contributed by atoms with Crippen LogP contribution in [-0.4, -0.2) is 61.8 Å². The Morgan fingerprint density at radius 1 is 1.12 bits per heavy atom. The number of carbonyl (C=O) groups excluding carboxylic acids is 1. The van der Waals surface area contributed by atoms with Gasteiger partial charge in [-0.05, 0) is 68.1 Å². The molecular weight excluding hydrogens is 426 g/mol. The number of ether oxygens (including phenoxy) is 2. The molecule has 0 bridgehead atoms. The number of para-hydroxylation sites is 1. The monoisotopic (exact) mass is 463 g/mol. The maximum atomic E-state index is 13.1. The van der Waals surface area contributed by atoms with Gasteiger partial charge in [0.15, 0.2) is 0 Å². The summed E-state index contributed by atoms with van der Waals surface area (Å²) in [6.07, 6.45) is 6.55. The van der Waals surface area contributed by atoms with Gasteiger partial charge >= 0.3 is 0 Å². The molecule has 1 aromatic heterocycles. The topological polar surface area (TPSA) is 57.8 Å². The molecule has 0 unspecified atom stereocenters. The number of aromatic amines is 1. The summed E-state index contributed by atoms with van der Waals surface area (Å²) in [5, 5.41) is 1.24. The van der Waals surface area contributed by atoms with Crippen LogP contribution in [0.1, 0.15) is 38.2 Å². The lowest BCUT2D eigenvalue weighted by Gasteiger charge is -2.48. The largest absolute Gasteiger partial charge is 0.497 e. The Kier molecular flexibility index (Phi) is 7.91. The fourth-order valence-corrected chi connectivity index (χ4v) is 5.30. The molecule has 0 saturated carbocycles. The fraction of sp³-hybridized carbons (Fsp3) is 0.464. The summed E-state index contributed by atoms with van der Waals surface area (Å²) in [5.74, 6) is 1.05. The van der Waals surface area contributed by atoms with Gasteiger partial charge in [0, 0.05) is 49.4 Å². The van der Waals surface area contributed by atoms with Gasteiger partial charge in [-0.3, -0.25) is 4.79 Å². The fourth-order valence-electron chi connectivity index (χ4n) is 5.30. The first kappa shape index (κ1) is 24.3. The van der Waals surface area contributed by atoms with E-state index in [1.165, 1.54) is 10.9 Å². The molecule has 6 heteroatoms. The van der Waals surface area contributed by atoms with Gasteiger partial charge in [0.05, 0.1) is 19.3 Å². The van der Waals surface area contributed by atoms with Crippen molar-refractivity contribution in [2.45, 2.75) is 44.6 Å². The van der Waals surface area contributed by atoms with Crippen molar-refractivity contribution >= 4 is 22.5 Å². The zero-order chi connectivity index (χ0) is 24.0. The molecule has 0 atom stereocenters.